The van der Waals surface area contributed by atoms with E-state index in [4.69, 9.17) is 5.73 Å². The molecule has 1 saturated heterocycles. The van der Waals surface area contributed by atoms with E-state index in [-0.39, 0.29) is 12.1 Å². The second kappa shape index (κ2) is 8.55. The van der Waals surface area contributed by atoms with Crippen LogP contribution in [0.5, 0.6) is 0 Å². The number of nitrogens with zero attached hydrogens (tertiary/aromatic N) is 2. The molecule has 0 aromatic heterocycles. The molecule has 144 valence electrons. The molecule has 2 aromatic carbocycles. The Kier molecular flexibility index (Phi) is 6.14. The monoisotopic (exact) mass is 367 g/mol. The lowest BCUT2D eigenvalue weighted by molar-refractivity contribution is 0.1000. The maximum atomic E-state index is 11.5. The number of likely N-dealkylation sites (tertiary alicyclic amines) is 1. The number of nitrogens with two attached hydrogens (primary N) is 1. The van der Waals surface area contributed by atoms with Crippen LogP contribution in [0.4, 0.5) is 5.69 Å². The summed E-state index contributed by atoms with van der Waals surface area (Å²) in [6.07, 6.45) is 1.43. The molecule has 0 saturated carbocycles. The Bertz CT molecular complexity index is 778. The van der Waals surface area contributed by atoms with Gasteiger partial charge in [-0.05, 0) is 42.2 Å². The van der Waals surface area contributed by atoms with Gasteiger partial charge in [0.05, 0.1) is 12.1 Å². The molecule has 0 spiro atoms. The van der Waals surface area contributed by atoms with Crippen LogP contribution in [0.15, 0.2) is 48.5 Å². The van der Waals surface area contributed by atoms with Crippen molar-refractivity contribution in [2.24, 2.45) is 5.73 Å². The first-order valence-corrected chi connectivity index (χ1v) is 9.60. The third-order valence-electron chi connectivity index (χ3n) is 5.46. The fraction of sp³-hybridized carbons (Fsp3) is 0.409. The number of aryl methyl sites for hydroxylation is 1. The summed E-state index contributed by atoms with van der Waals surface area (Å²) >= 11 is 0. The minimum Gasteiger partial charge on any atom is -0.392 e. The van der Waals surface area contributed by atoms with E-state index in [0.717, 1.165) is 43.7 Å². The quantitative estimate of drug-likeness (QED) is 0.789. The number of aliphatic hydroxyl groups excluding tert-OH is 1. The second-order valence-electron chi connectivity index (χ2n) is 7.30. The van der Waals surface area contributed by atoms with Crippen LogP contribution in [0, 0.1) is 0 Å². The van der Waals surface area contributed by atoms with Crippen molar-refractivity contribution in [3.05, 3.63) is 65.2 Å². The number of hydrogen-bond acceptors (Lipinski definition) is 4. The molecule has 1 aliphatic rings. The number of amides is 1. The number of anilines is 1. The van der Waals surface area contributed by atoms with Gasteiger partial charge >= 0.3 is 0 Å². The van der Waals surface area contributed by atoms with Crippen LogP contribution >= 0.6 is 0 Å². The summed E-state index contributed by atoms with van der Waals surface area (Å²) in [7, 11) is 2.10. The number of carbonyl (C=O) groups excluding carboxylic acids is 1. The molecule has 1 amide bonds. The molecule has 1 aliphatic heterocycles. The molecule has 5 heteroatoms. The van der Waals surface area contributed by atoms with Crippen molar-refractivity contribution in [3.8, 4) is 0 Å². The Morgan fingerprint density at radius 3 is 2.63 bits per heavy atom. The van der Waals surface area contributed by atoms with E-state index in [9.17, 15) is 9.90 Å². The predicted molar refractivity (Wildman–Crippen MR) is 109 cm³/mol. The highest BCUT2D eigenvalue weighted by Crippen LogP contribution is 2.31. The fourth-order valence-corrected chi connectivity index (χ4v) is 3.88. The Hall–Kier alpha value is -2.37. The summed E-state index contributed by atoms with van der Waals surface area (Å²) in [4.78, 5) is 16.1. The van der Waals surface area contributed by atoms with Crippen LogP contribution in [-0.2, 0) is 6.42 Å². The largest absolute Gasteiger partial charge is 0.392 e. The molecule has 5 nitrogen and oxygen atoms in total. The van der Waals surface area contributed by atoms with E-state index in [2.05, 4.69) is 48.0 Å². The van der Waals surface area contributed by atoms with Crippen LogP contribution in [0.25, 0.3) is 0 Å². The van der Waals surface area contributed by atoms with Gasteiger partial charge in [0.1, 0.15) is 0 Å². The highest BCUT2D eigenvalue weighted by atomic mass is 16.3. The van der Waals surface area contributed by atoms with E-state index in [1.807, 2.05) is 18.2 Å². The second-order valence-corrected chi connectivity index (χ2v) is 7.30. The maximum Gasteiger partial charge on any atom is 0.248 e. The first-order chi connectivity index (χ1) is 13.0. The number of aliphatic hydroxyl groups is 1. The lowest BCUT2D eigenvalue weighted by atomic mass is 10.0. The van der Waals surface area contributed by atoms with Crippen LogP contribution in [-0.4, -0.2) is 48.7 Å². The molecule has 0 radical (unpaired) electrons. The zero-order chi connectivity index (χ0) is 19.4. The number of carbonyl (C=O) groups is 1. The number of benzene rings is 2. The Morgan fingerprint density at radius 1 is 1.30 bits per heavy atom. The number of hydrogen-bond donors (Lipinski definition) is 2. The van der Waals surface area contributed by atoms with Gasteiger partial charge in [-0.1, -0.05) is 37.3 Å². The molecule has 3 rings (SSSR count). The van der Waals surface area contributed by atoms with Crippen molar-refractivity contribution >= 4 is 11.6 Å². The number of β-amino-alcohol motifs (C(OH)–C–C–N with tert-alkyl or cyclic N) is 1. The molecule has 1 fully saturated rings. The van der Waals surface area contributed by atoms with E-state index in [0.29, 0.717) is 5.56 Å². The van der Waals surface area contributed by atoms with Crippen LogP contribution < -0.4 is 10.6 Å². The summed E-state index contributed by atoms with van der Waals surface area (Å²) in [6, 6.07) is 16.3. The summed E-state index contributed by atoms with van der Waals surface area (Å²) in [5, 5.41) is 9.90. The smallest absolute Gasteiger partial charge is 0.248 e. The first-order valence-electron chi connectivity index (χ1n) is 9.60. The van der Waals surface area contributed by atoms with Gasteiger partial charge in [0.15, 0.2) is 0 Å². The van der Waals surface area contributed by atoms with E-state index >= 15 is 0 Å². The van der Waals surface area contributed by atoms with Gasteiger partial charge in [0.2, 0.25) is 5.91 Å². The first kappa shape index (κ1) is 19.4. The number of rotatable bonds is 7. The topological polar surface area (TPSA) is 69.8 Å². The van der Waals surface area contributed by atoms with Gasteiger partial charge in [-0.3, -0.25) is 9.69 Å². The fourth-order valence-electron chi connectivity index (χ4n) is 3.88. The standard InChI is InChI=1S/C22H29N3O2/c1-3-16-13-18(22(23)27)9-10-20(16)24(2)21(17-7-5-4-6-8-17)15-25-12-11-19(26)14-25/h4-10,13,19,21,26H,3,11-12,14-15H2,1-2H3,(H2,23,27)/t19-,21+/m0/s1. The lowest BCUT2D eigenvalue weighted by Crippen LogP contribution is -2.36. The summed E-state index contributed by atoms with van der Waals surface area (Å²) < 4.78 is 0. The van der Waals surface area contributed by atoms with E-state index in [1.165, 1.54) is 5.56 Å². The minimum absolute atomic E-state index is 0.154. The average molecular weight is 367 g/mol. The van der Waals surface area contributed by atoms with Crippen molar-refractivity contribution in [3.63, 3.8) is 0 Å². The van der Waals surface area contributed by atoms with Gasteiger partial charge in [-0.25, -0.2) is 0 Å². The summed E-state index contributed by atoms with van der Waals surface area (Å²) in [6.45, 7) is 4.57. The molecule has 0 bridgehead atoms. The molecule has 0 aliphatic carbocycles. The van der Waals surface area contributed by atoms with E-state index < -0.39 is 5.91 Å². The SMILES string of the molecule is CCc1cc(C(N)=O)ccc1N(C)[C@H](CN1CC[C@H](O)C1)c1ccccc1. The Morgan fingerprint density at radius 2 is 2.04 bits per heavy atom. The summed E-state index contributed by atoms with van der Waals surface area (Å²) in [5.41, 5.74) is 9.45. The molecular weight excluding hydrogens is 338 g/mol. The maximum absolute atomic E-state index is 11.5. The van der Waals surface area contributed by atoms with Crippen LogP contribution in [0.3, 0.4) is 0 Å². The van der Waals surface area contributed by atoms with Crippen molar-refractivity contribution in [2.45, 2.75) is 31.9 Å². The third kappa shape index (κ3) is 4.49. The van der Waals surface area contributed by atoms with Crippen molar-refractivity contribution < 1.29 is 9.90 Å². The van der Waals surface area contributed by atoms with Gasteiger partial charge < -0.3 is 15.7 Å². The van der Waals surface area contributed by atoms with Crippen molar-refractivity contribution in [1.29, 1.82) is 0 Å². The van der Waals surface area contributed by atoms with Crippen molar-refractivity contribution in [2.75, 3.05) is 31.6 Å². The molecule has 2 aromatic rings. The zero-order valence-corrected chi connectivity index (χ0v) is 16.1. The lowest BCUT2D eigenvalue weighted by Gasteiger charge is -2.35. The highest BCUT2D eigenvalue weighted by Gasteiger charge is 2.27. The predicted octanol–water partition coefficient (Wildman–Crippen LogP) is 2.59. The average Bonchev–Trinajstić information content (AvgIpc) is 3.10. The molecule has 2 atom stereocenters. The van der Waals surface area contributed by atoms with Crippen molar-refractivity contribution in [1.82, 2.24) is 4.90 Å². The van der Waals surface area contributed by atoms with Gasteiger partial charge in [-0.15, -0.1) is 0 Å². The minimum atomic E-state index is -0.399. The molecular formula is C22H29N3O2. The number of likely N-dealkylation sites (N-methyl/N-ethyl adjacent to an activating group) is 1. The van der Waals surface area contributed by atoms with E-state index in [1.54, 1.807) is 6.07 Å². The van der Waals surface area contributed by atoms with Gasteiger partial charge in [0, 0.05) is 37.9 Å². The molecule has 1 heterocycles. The molecule has 3 N–H and O–H groups in total. The highest BCUT2D eigenvalue weighted by molar-refractivity contribution is 5.93. The molecule has 27 heavy (non-hydrogen) atoms. The molecule has 0 unspecified atom stereocenters. The van der Waals surface area contributed by atoms with Gasteiger partial charge in [0.25, 0.3) is 0 Å². The van der Waals surface area contributed by atoms with Crippen LogP contribution in [0.2, 0.25) is 0 Å². The van der Waals surface area contributed by atoms with Gasteiger partial charge in [-0.2, -0.15) is 0 Å². The van der Waals surface area contributed by atoms with Crippen LogP contribution in [0.1, 0.15) is 40.9 Å². The summed E-state index contributed by atoms with van der Waals surface area (Å²) in [5.74, 6) is -0.399. The normalized spacial score (nSPS) is 18.4. The zero-order valence-electron chi connectivity index (χ0n) is 16.1. The Balaban J connectivity index is 1.92. The number of primary amides is 1. The third-order valence-corrected chi connectivity index (χ3v) is 5.46. The Labute approximate surface area is 161 Å².